The van der Waals surface area contributed by atoms with E-state index >= 15 is 0 Å². The molecule has 0 aliphatic heterocycles. The van der Waals surface area contributed by atoms with Crippen LogP contribution in [0.4, 0.5) is 0 Å². The van der Waals surface area contributed by atoms with Crippen molar-refractivity contribution in [2.45, 2.75) is 37.1 Å². The predicted molar refractivity (Wildman–Crippen MR) is 58.1 cm³/mol. The van der Waals surface area contributed by atoms with Crippen LogP contribution < -0.4 is 5.73 Å². The van der Waals surface area contributed by atoms with Gasteiger partial charge in [0, 0.05) is 11.5 Å². The van der Waals surface area contributed by atoms with Crippen molar-refractivity contribution in [3.63, 3.8) is 0 Å². The maximum atomic E-state index is 6.36. The molecule has 0 bridgehead atoms. The molecule has 0 spiro atoms. The second-order valence-corrected chi connectivity index (χ2v) is 5.05. The molecule has 74 valence electrons. The van der Waals surface area contributed by atoms with E-state index in [-0.39, 0.29) is 5.54 Å². The molecule has 1 aromatic rings. The summed E-state index contributed by atoms with van der Waals surface area (Å²) in [5, 5.41) is 0. The van der Waals surface area contributed by atoms with Crippen LogP contribution in [0.2, 0.25) is 0 Å². The smallest absolute Gasteiger partial charge is 0.0233 e. The molecule has 0 heterocycles. The third-order valence-electron chi connectivity index (χ3n) is 3.69. The Bertz CT molecular complexity index is 328. The van der Waals surface area contributed by atoms with Gasteiger partial charge in [-0.05, 0) is 24.3 Å². The second kappa shape index (κ2) is 2.83. The Labute approximate surface area is 85.3 Å². The van der Waals surface area contributed by atoms with Crippen LogP contribution in [0, 0.1) is 5.92 Å². The van der Waals surface area contributed by atoms with E-state index in [1.807, 2.05) is 0 Å². The molecule has 2 atom stereocenters. The van der Waals surface area contributed by atoms with Crippen LogP contribution in [0.1, 0.15) is 37.2 Å². The molecule has 1 aromatic carbocycles. The average molecular weight is 187 g/mol. The zero-order chi connectivity index (χ0) is 9.60. The van der Waals surface area contributed by atoms with E-state index < -0.39 is 0 Å². The summed E-state index contributed by atoms with van der Waals surface area (Å²) in [6, 6.07) is 10.7. The molecule has 14 heavy (non-hydrogen) atoms. The number of benzene rings is 1. The third-order valence-corrected chi connectivity index (χ3v) is 3.69. The molecule has 2 saturated carbocycles. The van der Waals surface area contributed by atoms with Gasteiger partial charge < -0.3 is 5.73 Å². The van der Waals surface area contributed by atoms with Crippen molar-refractivity contribution >= 4 is 0 Å². The van der Waals surface area contributed by atoms with Gasteiger partial charge in [0.1, 0.15) is 0 Å². The van der Waals surface area contributed by atoms with Crippen molar-refractivity contribution in [2.75, 3.05) is 0 Å². The highest BCUT2D eigenvalue weighted by Crippen LogP contribution is 2.55. The van der Waals surface area contributed by atoms with Gasteiger partial charge in [0.25, 0.3) is 0 Å². The molecule has 0 radical (unpaired) electrons. The predicted octanol–water partition coefficient (Wildman–Crippen LogP) is 2.67. The Kier molecular flexibility index (Phi) is 1.72. The summed E-state index contributed by atoms with van der Waals surface area (Å²) in [5.74, 6) is 1.60. The summed E-state index contributed by atoms with van der Waals surface area (Å²) in [5.41, 5.74) is 7.96. The van der Waals surface area contributed by atoms with Crippen molar-refractivity contribution in [3.05, 3.63) is 35.9 Å². The molecule has 1 heteroatoms. The molecule has 2 unspecified atom stereocenters. The van der Waals surface area contributed by atoms with Crippen molar-refractivity contribution in [1.82, 2.24) is 0 Å². The number of rotatable bonds is 3. The largest absolute Gasteiger partial charge is 0.325 e. The van der Waals surface area contributed by atoms with Crippen LogP contribution in [0.3, 0.4) is 0 Å². The van der Waals surface area contributed by atoms with Gasteiger partial charge in [-0.25, -0.2) is 0 Å². The van der Waals surface area contributed by atoms with Gasteiger partial charge in [0.05, 0.1) is 0 Å². The molecule has 0 amide bonds. The van der Waals surface area contributed by atoms with Crippen LogP contribution in [0.15, 0.2) is 30.3 Å². The van der Waals surface area contributed by atoms with Gasteiger partial charge in [-0.3, -0.25) is 0 Å². The van der Waals surface area contributed by atoms with Crippen molar-refractivity contribution < 1.29 is 0 Å². The minimum Gasteiger partial charge on any atom is -0.325 e. The van der Waals surface area contributed by atoms with Gasteiger partial charge in [-0.2, -0.15) is 0 Å². The Morgan fingerprint density at radius 1 is 1.21 bits per heavy atom. The van der Waals surface area contributed by atoms with Crippen LogP contribution in [-0.2, 0) is 0 Å². The molecule has 2 aliphatic rings. The van der Waals surface area contributed by atoms with E-state index in [4.69, 9.17) is 5.73 Å². The zero-order valence-corrected chi connectivity index (χ0v) is 8.45. The quantitative estimate of drug-likeness (QED) is 0.773. The molecular formula is C13H17N. The average Bonchev–Trinajstić information content (AvgIpc) is 3.08. The molecule has 2 fully saturated rings. The van der Waals surface area contributed by atoms with Crippen LogP contribution in [-0.4, -0.2) is 5.54 Å². The Hall–Kier alpha value is -0.820. The Balaban J connectivity index is 1.71. The lowest BCUT2D eigenvalue weighted by Crippen LogP contribution is -2.24. The second-order valence-electron chi connectivity index (χ2n) is 5.05. The summed E-state index contributed by atoms with van der Waals surface area (Å²) in [7, 11) is 0. The Morgan fingerprint density at radius 3 is 2.57 bits per heavy atom. The van der Waals surface area contributed by atoms with Crippen LogP contribution in [0.25, 0.3) is 0 Å². The summed E-state index contributed by atoms with van der Waals surface area (Å²) in [6.45, 7) is 0. The van der Waals surface area contributed by atoms with Crippen molar-refractivity contribution in [3.8, 4) is 0 Å². The standard InChI is InChI=1S/C13H17N/c14-13(8-10-6-7-10)9-12(13)11-4-2-1-3-5-11/h1-5,10,12H,6-9,14H2. The topological polar surface area (TPSA) is 26.0 Å². The minimum atomic E-state index is 0.155. The fourth-order valence-corrected chi connectivity index (χ4v) is 2.54. The minimum absolute atomic E-state index is 0.155. The van der Waals surface area contributed by atoms with E-state index in [0.717, 1.165) is 5.92 Å². The van der Waals surface area contributed by atoms with E-state index in [9.17, 15) is 0 Å². The SMILES string of the molecule is NC1(CC2CC2)CC1c1ccccc1. The maximum absolute atomic E-state index is 6.36. The van der Waals surface area contributed by atoms with E-state index in [0.29, 0.717) is 5.92 Å². The van der Waals surface area contributed by atoms with Gasteiger partial charge in [0.2, 0.25) is 0 Å². The summed E-state index contributed by atoms with van der Waals surface area (Å²) in [4.78, 5) is 0. The molecule has 1 nitrogen and oxygen atoms in total. The number of nitrogens with two attached hydrogens (primary N) is 1. The lowest BCUT2D eigenvalue weighted by molar-refractivity contribution is 0.545. The molecule has 0 aromatic heterocycles. The summed E-state index contributed by atoms with van der Waals surface area (Å²) >= 11 is 0. The van der Waals surface area contributed by atoms with Gasteiger partial charge in [0.15, 0.2) is 0 Å². The van der Waals surface area contributed by atoms with Crippen molar-refractivity contribution in [1.29, 1.82) is 0 Å². The fourth-order valence-electron chi connectivity index (χ4n) is 2.54. The van der Waals surface area contributed by atoms with Gasteiger partial charge in [-0.15, -0.1) is 0 Å². The van der Waals surface area contributed by atoms with Crippen molar-refractivity contribution in [2.24, 2.45) is 11.7 Å². The monoisotopic (exact) mass is 187 g/mol. The Morgan fingerprint density at radius 2 is 1.93 bits per heavy atom. The summed E-state index contributed by atoms with van der Waals surface area (Å²) in [6.07, 6.45) is 5.29. The first kappa shape index (κ1) is 8.49. The lowest BCUT2D eigenvalue weighted by Gasteiger charge is -2.10. The third kappa shape index (κ3) is 1.46. The molecular weight excluding hydrogens is 170 g/mol. The normalized spacial score (nSPS) is 35.6. The molecule has 2 N–H and O–H groups in total. The van der Waals surface area contributed by atoms with E-state index in [1.54, 1.807) is 0 Å². The first-order chi connectivity index (χ1) is 6.78. The van der Waals surface area contributed by atoms with Gasteiger partial charge in [-0.1, -0.05) is 43.2 Å². The van der Waals surface area contributed by atoms with E-state index in [2.05, 4.69) is 30.3 Å². The first-order valence-electron chi connectivity index (χ1n) is 5.62. The van der Waals surface area contributed by atoms with Gasteiger partial charge >= 0.3 is 0 Å². The molecule has 3 rings (SSSR count). The van der Waals surface area contributed by atoms with E-state index in [1.165, 1.54) is 31.2 Å². The highest BCUT2D eigenvalue weighted by molar-refractivity contribution is 5.32. The molecule has 2 aliphatic carbocycles. The number of hydrogen-bond acceptors (Lipinski definition) is 1. The zero-order valence-electron chi connectivity index (χ0n) is 8.45. The summed E-state index contributed by atoms with van der Waals surface area (Å²) < 4.78 is 0. The first-order valence-corrected chi connectivity index (χ1v) is 5.62. The molecule has 0 saturated heterocycles. The lowest BCUT2D eigenvalue weighted by atomic mass is 10.0. The maximum Gasteiger partial charge on any atom is 0.0233 e. The number of hydrogen-bond donors (Lipinski definition) is 1. The van der Waals surface area contributed by atoms with Crippen LogP contribution in [0.5, 0.6) is 0 Å². The highest BCUT2D eigenvalue weighted by Gasteiger charge is 2.53. The fraction of sp³-hybridized carbons (Fsp3) is 0.538. The van der Waals surface area contributed by atoms with Crippen LogP contribution >= 0.6 is 0 Å². The highest BCUT2D eigenvalue weighted by atomic mass is 14.9.